The van der Waals surface area contributed by atoms with E-state index in [0.717, 1.165) is 30.4 Å². The van der Waals surface area contributed by atoms with E-state index in [0.29, 0.717) is 18.9 Å². The predicted molar refractivity (Wildman–Crippen MR) is 95.4 cm³/mol. The minimum atomic E-state index is -0.255. The molecule has 2 aromatic rings. The molecule has 0 bridgehead atoms. The maximum atomic E-state index is 13.4. The molecule has 0 unspecified atom stereocenters. The van der Waals surface area contributed by atoms with E-state index in [9.17, 15) is 9.18 Å². The van der Waals surface area contributed by atoms with Crippen LogP contribution in [0.25, 0.3) is 0 Å². The van der Waals surface area contributed by atoms with Crippen molar-refractivity contribution in [3.8, 4) is 0 Å². The smallest absolute Gasteiger partial charge is 0.223 e. The number of amides is 1. The van der Waals surface area contributed by atoms with E-state index in [2.05, 4.69) is 12.1 Å². The van der Waals surface area contributed by atoms with E-state index in [1.54, 1.807) is 12.1 Å². The number of nitrogens with zero attached hydrogens (tertiary/aromatic N) is 1. The van der Waals surface area contributed by atoms with Gasteiger partial charge in [0, 0.05) is 19.0 Å². The minimum Gasteiger partial charge on any atom is -0.331 e. The highest BCUT2D eigenvalue weighted by molar-refractivity contribution is 5.78. The Morgan fingerprint density at radius 2 is 1.84 bits per heavy atom. The molecule has 0 radical (unpaired) electrons. The Labute approximate surface area is 147 Å². The van der Waals surface area contributed by atoms with E-state index in [1.807, 2.05) is 17.0 Å². The Balaban J connectivity index is 1.65. The summed E-state index contributed by atoms with van der Waals surface area (Å²) >= 11 is 0. The lowest BCUT2D eigenvalue weighted by Crippen LogP contribution is -2.44. The Hall–Kier alpha value is -2.20. The summed E-state index contributed by atoms with van der Waals surface area (Å²) in [5.74, 6) is 0.337. The van der Waals surface area contributed by atoms with Crippen molar-refractivity contribution < 1.29 is 9.18 Å². The van der Waals surface area contributed by atoms with Crippen LogP contribution in [0.3, 0.4) is 0 Å². The predicted octanol–water partition coefficient (Wildman–Crippen LogP) is 3.43. The van der Waals surface area contributed by atoms with Gasteiger partial charge in [0.2, 0.25) is 5.91 Å². The van der Waals surface area contributed by atoms with Crippen LogP contribution in [0.15, 0.2) is 48.5 Å². The highest BCUT2D eigenvalue weighted by Crippen LogP contribution is 2.37. The van der Waals surface area contributed by atoms with Crippen molar-refractivity contribution >= 4 is 5.91 Å². The largest absolute Gasteiger partial charge is 0.331 e. The van der Waals surface area contributed by atoms with Crippen molar-refractivity contribution in [2.75, 3.05) is 6.54 Å². The summed E-state index contributed by atoms with van der Waals surface area (Å²) in [7, 11) is 0. The molecular weight excluding hydrogens is 315 g/mol. The number of carbonyl (C=O) groups is 1. The van der Waals surface area contributed by atoms with Gasteiger partial charge in [-0.1, -0.05) is 36.4 Å². The molecule has 4 heteroatoms. The number of fused-ring (bicyclic) bond motifs is 1. The third-order valence-electron chi connectivity index (χ3n) is 5.52. The van der Waals surface area contributed by atoms with Crippen LogP contribution in [-0.4, -0.2) is 23.4 Å². The molecular formula is C21H23FN2O. The molecule has 1 saturated carbocycles. The molecule has 2 N–H and O–H groups in total. The topological polar surface area (TPSA) is 46.3 Å². The Morgan fingerprint density at radius 1 is 1.12 bits per heavy atom. The fourth-order valence-electron chi connectivity index (χ4n) is 4.16. The molecule has 4 rings (SSSR count). The van der Waals surface area contributed by atoms with Gasteiger partial charge in [-0.25, -0.2) is 4.39 Å². The summed E-state index contributed by atoms with van der Waals surface area (Å²) in [6, 6.07) is 14.9. The van der Waals surface area contributed by atoms with E-state index < -0.39 is 0 Å². The van der Waals surface area contributed by atoms with Crippen LogP contribution in [-0.2, 0) is 11.2 Å². The summed E-state index contributed by atoms with van der Waals surface area (Å²) in [4.78, 5) is 15.0. The molecule has 25 heavy (non-hydrogen) atoms. The second kappa shape index (κ2) is 6.60. The highest BCUT2D eigenvalue weighted by atomic mass is 19.1. The molecule has 1 aliphatic heterocycles. The Bertz CT molecular complexity index is 768. The van der Waals surface area contributed by atoms with Crippen LogP contribution in [0.5, 0.6) is 0 Å². The average molecular weight is 338 g/mol. The zero-order valence-corrected chi connectivity index (χ0v) is 14.2. The standard InChI is InChI=1S/C21H23FN2O/c22-17-7-5-16(6-8-17)21-19-4-2-1-3-15(19)9-10-24(21)20(25)13-14-11-18(23)12-14/h1-8,14,18,21H,9-13,23H2/t14-,18-,21-/m0/s1. The van der Waals surface area contributed by atoms with Gasteiger partial charge in [0.05, 0.1) is 6.04 Å². The number of hydrogen-bond acceptors (Lipinski definition) is 2. The third-order valence-corrected chi connectivity index (χ3v) is 5.52. The van der Waals surface area contributed by atoms with Gasteiger partial charge in [0.15, 0.2) is 0 Å². The third kappa shape index (κ3) is 3.19. The molecule has 2 aliphatic rings. The van der Waals surface area contributed by atoms with Gasteiger partial charge >= 0.3 is 0 Å². The summed E-state index contributed by atoms with van der Waals surface area (Å²) in [5, 5.41) is 0. The van der Waals surface area contributed by atoms with Gasteiger partial charge in [-0.05, 0) is 54.0 Å². The molecule has 0 saturated heterocycles. The molecule has 3 nitrogen and oxygen atoms in total. The summed E-state index contributed by atoms with van der Waals surface area (Å²) in [6.45, 7) is 0.705. The average Bonchev–Trinajstić information content (AvgIpc) is 2.60. The van der Waals surface area contributed by atoms with Gasteiger partial charge in [-0.15, -0.1) is 0 Å². The first-order valence-corrected chi connectivity index (χ1v) is 9.00. The summed E-state index contributed by atoms with van der Waals surface area (Å²) in [5.41, 5.74) is 9.25. The summed E-state index contributed by atoms with van der Waals surface area (Å²) in [6.07, 6.45) is 3.31. The van der Waals surface area contributed by atoms with Crippen molar-refractivity contribution in [2.45, 2.75) is 37.8 Å². The second-order valence-electron chi connectivity index (χ2n) is 7.29. The van der Waals surface area contributed by atoms with E-state index in [4.69, 9.17) is 5.73 Å². The fraction of sp³-hybridized carbons (Fsp3) is 0.381. The lowest BCUT2D eigenvalue weighted by Gasteiger charge is -2.40. The van der Waals surface area contributed by atoms with Crippen molar-refractivity contribution in [1.82, 2.24) is 4.90 Å². The zero-order valence-electron chi connectivity index (χ0n) is 14.2. The molecule has 1 heterocycles. The van der Waals surface area contributed by atoms with Crippen LogP contribution >= 0.6 is 0 Å². The lowest BCUT2D eigenvalue weighted by atomic mass is 9.78. The summed E-state index contributed by atoms with van der Waals surface area (Å²) < 4.78 is 13.4. The van der Waals surface area contributed by atoms with Gasteiger partial charge in [0.25, 0.3) is 0 Å². The first kappa shape index (κ1) is 16.3. The molecule has 0 spiro atoms. The van der Waals surface area contributed by atoms with Crippen LogP contribution in [0.2, 0.25) is 0 Å². The Kier molecular flexibility index (Phi) is 4.30. The van der Waals surface area contributed by atoms with Crippen LogP contribution < -0.4 is 5.73 Å². The quantitative estimate of drug-likeness (QED) is 0.932. The number of rotatable bonds is 3. The van der Waals surface area contributed by atoms with E-state index in [1.165, 1.54) is 17.7 Å². The number of benzene rings is 2. The number of nitrogens with two attached hydrogens (primary N) is 1. The molecule has 130 valence electrons. The van der Waals surface area contributed by atoms with Gasteiger partial charge in [-0.3, -0.25) is 4.79 Å². The van der Waals surface area contributed by atoms with Crippen molar-refractivity contribution in [3.05, 3.63) is 71.0 Å². The fourth-order valence-corrected chi connectivity index (χ4v) is 4.16. The highest BCUT2D eigenvalue weighted by Gasteiger charge is 2.35. The maximum absolute atomic E-state index is 13.4. The number of carbonyl (C=O) groups excluding carboxylic acids is 1. The zero-order chi connectivity index (χ0) is 17.4. The molecule has 2 aromatic carbocycles. The molecule has 1 aliphatic carbocycles. The van der Waals surface area contributed by atoms with Crippen molar-refractivity contribution in [3.63, 3.8) is 0 Å². The normalized spacial score (nSPS) is 25.2. The Morgan fingerprint density at radius 3 is 2.56 bits per heavy atom. The van der Waals surface area contributed by atoms with Crippen LogP contribution in [0, 0.1) is 11.7 Å². The van der Waals surface area contributed by atoms with Crippen LogP contribution in [0.4, 0.5) is 4.39 Å². The van der Waals surface area contributed by atoms with Crippen molar-refractivity contribution in [2.24, 2.45) is 11.7 Å². The van der Waals surface area contributed by atoms with Crippen LogP contribution in [0.1, 0.15) is 42.0 Å². The van der Waals surface area contributed by atoms with Gasteiger partial charge < -0.3 is 10.6 Å². The van der Waals surface area contributed by atoms with E-state index >= 15 is 0 Å². The van der Waals surface area contributed by atoms with Gasteiger partial charge in [-0.2, -0.15) is 0 Å². The number of halogens is 1. The SMILES string of the molecule is N[C@H]1C[C@H](CC(=O)N2CCc3ccccc3[C@@H]2c2ccc(F)cc2)C1. The first-order chi connectivity index (χ1) is 12.1. The molecule has 1 fully saturated rings. The molecule has 1 atom stereocenters. The monoisotopic (exact) mass is 338 g/mol. The molecule has 1 amide bonds. The van der Waals surface area contributed by atoms with E-state index in [-0.39, 0.29) is 23.8 Å². The first-order valence-electron chi connectivity index (χ1n) is 9.00. The van der Waals surface area contributed by atoms with Gasteiger partial charge in [0.1, 0.15) is 5.82 Å². The minimum absolute atomic E-state index is 0.133. The maximum Gasteiger partial charge on any atom is 0.223 e. The second-order valence-corrected chi connectivity index (χ2v) is 7.29. The number of hydrogen-bond donors (Lipinski definition) is 1. The molecule has 0 aromatic heterocycles. The lowest BCUT2D eigenvalue weighted by molar-refractivity contribution is -0.135. The van der Waals surface area contributed by atoms with Crippen molar-refractivity contribution in [1.29, 1.82) is 0 Å².